The highest BCUT2D eigenvalue weighted by Crippen LogP contribution is 2.33. The van der Waals surface area contributed by atoms with Crippen LogP contribution in [0.25, 0.3) is 5.82 Å². The van der Waals surface area contributed by atoms with Crippen molar-refractivity contribution in [1.82, 2.24) is 14.8 Å². The molecule has 0 fully saturated rings. The van der Waals surface area contributed by atoms with Gasteiger partial charge >= 0.3 is 6.18 Å². The molecular formula is C11H6Cl2F3N3O. The Balaban J connectivity index is 2.57. The molecule has 2 rings (SSSR count). The van der Waals surface area contributed by atoms with E-state index in [9.17, 15) is 18.0 Å². The van der Waals surface area contributed by atoms with Gasteiger partial charge in [0.15, 0.2) is 12.1 Å². The fourth-order valence-electron chi connectivity index (χ4n) is 1.53. The molecule has 9 heteroatoms. The van der Waals surface area contributed by atoms with Crippen molar-refractivity contribution < 1.29 is 18.0 Å². The third kappa shape index (κ3) is 2.51. The van der Waals surface area contributed by atoms with Crippen molar-refractivity contribution in [2.75, 3.05) is 0 Å². The largest absolute Gasteiger partial charge is 0.417 e. The minimum absolute atomic E-state index is 0.0633. The summed E-state index contributed by atoms with van der Waals surface area (Å²) in [6.45, 7) is 1.53. The van der Waals surface area contributed by atoms with Gasteiger partial charge in [0.1, 0.15) is 5.15 Å². The Bertz CT molecular complexity index is 682. The minimum atomic E-state index is -4.55. The number of pyridine rings is 1. The Kier molecular flexibility index (Phi) is 3.75. The third-order valence-electron chi connectivity index (χ3n) is 2.52. The molecule has 0 aromatic carbocycles. The van der Waals surface area contributed by atoms with Crippen LogP contribution in [0.2, 0.25) is 10.2 Å². The van der Waals surface area contributed by atoms with E-state index in [2.05, 4.69) is 10.1 Å². The van der Waals surface area contributed by atoms with Crippen LogP contribution in [0.1, 0.15) is 21.6 Å². The molecule has 0 bridgehead atoms. The first-order valence-electron chi connectivity index (χ1n) is 5.19. The summed E-state index contributed by atoms with van der Waals surface area (Å²) in [5, 5.41) is 3.59. The standard InChI is InChI=1S/C11H6Cl2F3N3O/c1-5-7(4-20)9(13)19(18-5)10-8(12)2-6(3-17-10)11(14,15)16/h2-4H,1H3. The third-order valence-corrected chi connectivity index (χ3v) is 3.16. The van der Waals surface area contributed by atoms with E-state index >= 15 is 0 Å². The van der Waals surface area contributed by atoms with E-state index < -0.39 is 11.7 Å². The molecule has 0 aliphatic rings. The van der Waals surface area contributed by atoms with Crippen LogP contribution in [-0.2, 0) is 6.18 Å². The van der Waals surface area contributed by atoms with Crippen molar-refractivity contribution in [1.29, 1.82) is 0 Å². The van der Waals surface area contributed by atoms with Crippen LogP contribution in [-0.4, -0.2) is 21.1 Å². The molecule has 20 heavy (non-hydrogen) atoms. The lowest BCUT2D eigenvalue weighted by Crippen LogP contribution is -2.08. The monoisotopic (exact) mass is 323 g/mol. The van der Waals surface area contributed by atoms with Crippen molar-refractivity contribution in [3.63, 3.8) is 0 Å². The Labute approximate surface area is 121 Å². The molecule has 0 N–H and O–H groups in total. The zero-order chi connectivity index (χ0) is 15.1. The maximum atomic E-state index is 12.5. The number of rotatable bonds is 2. The second kappa shape index (κ2) is 5.06. The smallest absolute Gasteiger partial charge is 0.298 e. The molecular weight excluding hydrogens is 318 g/mol. The average molecular weight is 324 g/mol. The topological polar surface area (TPSA) is 47.8 Å². The maximum absolute atomic E-state index is 12.5. The molecule has 2 aromatic heterocycles. The molecule has 0 atom stereocenters. The van der Waals surface area contributed by atoms with Crippen LogP contribution < -0.4 is 0 Å². The second-order valence-corrected chi connectivity index (χ2v) is 4.61. The predicted molar refractivity (Wildman–Crippen MR) is 66.5 cm³/mol. The highest BCUT2D eigenvalue weighted by Gasteiger charge is 2.32. The van der Waals surface area contributed by atoms with Gasteiger partial charge in [-0.1, -0.05) is 23.2 Å². The molecule has 0 spiro atoms. The Morgan fingerprint density at radius 2 is 2.00 bits per heavy atom. The van der Waals surface area contributed by atoms with Gasteiger partial charge in [-0.2, -0.15) is 18.3 Å². The Hall–Kier alpha value is -1.60. The van der Waals surface area contributed by atoms with Crippen molar-refractivity contribution in [3.05, 3.63) is 39.3 Å². The number of alkyl halides is 3. The predicted octanol–water partition coefficient (Wildman–Crippen LogP) is 3.71. The van der Waals surface area contributed by atoms with E-state index in [1.807, 2.05) is 0 Å². The van der Waals surface area contributed by atoms with Gasteiger partial charge in [-0.3, -0.25) is 4.79 Å². The minimum Gasteiger partial charge on any atom is -0.298 e. The Morgan fingerprint density at radius 1 is 1.35 bits per heavy atom. The van der Waals surface area contributed by atoms with Gasteiger partial charge in [-0.15, -0.1) is 0 Å². The molecule has 0 radical (unpaired) electrons. The van der Waals surface area contributed by atoms with Gasteiger partial charge in [-0.05, 0) is 13.0 Å². The number of nitrogens with zero attached hydrogens (tertiary/aromatic N) is 3. The fourth-order valence-corrected chi connectivity index (χ4v) is 2.07. The van der Waals surface area contributed by atoms with Crippen LogP contribution in [0.4, 0.5) is 13.2 Å². The highest BCUT2D eigenvalue weighted by molar-refractivity contribution is 6.34. The number of halogens is 5. The highest BCUT2D eigenvalue weighted by atomic mass is 35.5. The summed E-state index contributed by atoms with van der Waals surface area (Å²) >= 11 is 11.7. The van der Waals surface area contributed by atoms with Gasteiger partial charge in [0, 0.05) is 6.20 Å². The zero-order valence-corrected chi connectivity index (χ0v) is 11.4. The molecule has 2 aromatic rings. The average Bonchev–Trinajstić information content (AvgIpc) is 2.63. The van der Waals surface area contributed by atoms with E-state index in [1.54, 1.807) is 0 Å². The summed E-state index contributed by atoms with van der Waals surface area (Å²) in [5.74, 6) is -0.0825. The van der Waals surface area contributed by atoms with Crippen LogP contribution in [0.15, 0.2) is 12.3 Å². The van der Waals surface area contributed by atoms with Gasteiger partial charge in [0.2, 0.25) is 0 Å². The molecule has 106 valence electrons. The lowest BCUT2D eigenvalue weighted by Gasteiger charge is -2.09. The second-order valence-electron chi connectivity index (χ2n) is 3.85. The van der Waals surface area contributed by atoms with E-state index in [0.717, 1.165) is 10.7 Å². The van der Waals surface area contributed by atoms with Crippen molar-refractivity contribution in [3.8, 4) is 5.82 Å². The van der Waals surface area contributed by atoms with Crippen LogP contribution in [0.5, 0.6) is 0 Å². The number of carbonyl (C=O) groups excluding carboxylic acids is 1. The van der Waals surface area contributed by atoms with Crippen LogP contribution in [0.3, 0.4) is 0 Å². The molecule has 2 heterocycles. The number of aryl methyl sites for hydroxylation is 1. The summed E-state index contributed by atoms with van der Waals surface area (Å²) in [7, 11) is 0. The van der Waals surface area contributed by atoms with Gasteiger partial charge in [0.25, 0.3) is 0 Å². The van der Waals surface area contributed by atoms with Crippen LogP contribution >= 0.6 is 23.2 Å². The van der Waals surface area contributed by atoms with E-state index in [1.165, 1.54) is 6.92 Å². The van der Waals surface area contributed by atoms with Gasteiger partial charge < -0.3 is 0 Å². The maximum Gasteiger partial charge on any atom is 0.417 e. The summed E-state index contributed by atoms with van der Waals surface area (Å²) < 4.78 is 38.5. The Morgan fingerprint density at radius 3 is 2.45 bits per heavy atom. The van der Waals surface area contributed by atoms with Crippen molar-refractivity contribution in [2.24, 2.45) is 0 Å². The summed E-state index contributed by atoms with van der Waals surface area (Å²) in [5.41, 5.74) is -0.533. The molecule has 0 saturated carbocycles. The number of aldehydes is 1. The summed E-state index contributed by atoms with van der Waals surface area (Å²) in [4.78, 5) is 14.4. The fraction of sp³-hybridized carbons (Fsp3) is 0.182. The lowest BCUT2D eigenvalue weighted by molar-refractivity contribution is -0.137. The molecule has 4 nitrogen and oxygen atoms in total. The number of hydrogen-bond acceptors (Lipinski definition) is 3. The lowest BCUT2D eigenvalue weighted by atomic mass is 10.3. The SMILES string of the molecule is Cc1nn(-c2ncc(C(F)(F)F)cc2Cl)c(Cl)c1C=O. The van der Waals surface area contributed by atoms with Crippen molar-refractivity contribution >= 4 is 29.5 Å². The molecule has 0 amide bonds. The molecule has 0 saturated heterocycles. The summed E-state index contributed by atoms with van der Waals surface area (Å²) in [6.07, 6.45) is -3.43. The van der Waals surface area contributed by atoms with E-state index in [4.69, 9.17) is 23.2 Å². The molecule has 0 aliphatic heterocycles. The molecule has 0 unspecified atom stereocenters. The summed E-state index contributed by atoms with van der Waals surface area (Å²) in [6, 6.07) is 0.720. The van der Waals surface area contributed by atoms with Crippen molar-refractivity contribution in [2.45, 2.75) is 13.1 Å². The van der Waals surface area contributed by atoms with Crippen LogP contribution in [0, 0.1) is 6.92 Å². The van der Waals surface area contributed by atoms with Gasteiger partial charge in [0.05, 0.1) is 21.8 Å². The number of aromatic nitrogens is 3. The van der Waals surface area contributed by atoms with E-state index in [0.29, 0.717) is 18.2 Å². The number of carbonyl (C=O) groups is 1. The normalized spacial score (nSPS) is 11.7. The van der Waals surface area contributed by atoms with E-state index in [-0.39, 0.29) is 21.6 Å². The molecule has 0 aliphatic carbocycles. The van der Waals surface area contributed by atoms with Gasteiger partial charge in [-0.25, -0.2) is 9.67 Å². The first-order chi connectivity index (χ1) is 9.25. The first-order valence-corrected chi connectivity index (χ1v) is 5.94. The first kappa shape index (κ1) is 14.8. The zero-order valence-electron chi connectivity index (χ0n) is 9.87. The quantitative estimate of drug-likeness (QED) is 0.791. The number of hydrogen-bond donors (Lipinski definition) is 0.